The predicted molar refractivity (Wildman–Crippen MR) is 42.6 cm³/mol. The molecule has 0 aromatic rings. The van der Waals surface area contributed by atoms with Gasteiger partial charge >= 0.3 is 0 Å². The SMILES string of the molecule is C=C=C=C=C=C=C=C=C=[C+]C#N. The third-order valence-electron chi connectivity index (χ3n) is 0.582. The lowest BCUT2D eigenvalue weighted by molar-refractivity contribution is 1.52. The van der Waals surface area contributed by atoms with E-state index in [-0.39, 0.29) is 0 Å². The largest absolute Gasteiger partial charge is 0.276 e. The van der Waals surface area contributed by atoms with Gasteiger partial charge in [-0.2, -0.15) is 5.26 Å². The molecule has 0 unspecified atom stereocenters. The van der Waals surface area contributed by atoms with Gasteiger partial charge in [-0.25, -0.2) is 0 Å². The van der Waals surface area contributed by atoms with Gasteiger partial charge in [-0.05, 0) is 18.0 Å². The van der Waals surface area contributed by atoms with Crippen LogP contribution in [0.25, 0.3) is 0 Å². The molecule has 0 amide bonds. The van der Waals surface area contributed by atoms with Gasteiger partial charge in [0, 0.05) is 11.5 Å². The van der Waals surface area contributed by atoms with E-state index in [1.54, 1.807) is 6.07 Å². The van der Waals surface area contributed by atoms with Crippen molar-refractivity contribution in [3.8, 4) is 6.07 Å². The van der Waals surface area contributed by atoms with Crippen molar-refractivity contribution in [3.63, 3.8) is 0 Å². The molecule has 0 aliphatic carbocycles. The Morgan fingerprint density at radius 3 is 2.08 bits per heavy atom. The Kier molecular flexibility index (Phi) is 6.55. The molecule has 0 spiro atoms. The molecule has 0 rings (SSSR count). The van der Waals surface area contributed by atoms with E-state index in [4.69, 9.17) is 5.26 Å². The van der Waals surface area contributed by atoms with E-state index in [1.807, 2.05) is 0 Å². The van der Waals surface area contributed by atoms with Crippen molar-refractivity contribution < 1.29 is 0 Å². The molecule has 1 nitrogen and oxygen atoms in total. The summed E-state index contributed by atoms with van der Waals surface area (Å²) in [5.41, 5.74) is 19.0. The van der Waals surface area contributed by atoms with Crippen LogP contribution in [0.2, 0.25) is 0 Å². The Morgan fingerprint density at radius 1 is 0.917 bits per heavy atom. The fourth-order valence-corrected chi connectivity index (χ4v) is 0.260. The van der Waals surface area contributed by atoms with Crippen LogP contribution >= 0.6 is 0 Å². The van der Waals surface area contributed by atoms with Gasteiger partial charge in [0.1, 0.15) is 5.73 Å². The summed E-state index contributed by atoms with van der Waals surface area (Å²) in [5.74, 6) is 0. The van der Waals surface area contributed by atoms with Crippen LogP contribution in [0.1, 0.15) is 0 Å². The summed E-state index contributed by atoms with van der Waals surface area (Å²) in [6, 6.07) is 1.62. The molecule has 0 heterocycles. The monoisotopic (exact) mass is 148 g/mol. The van der Waals surface area contributed by atoms with Crippen LogP contribution in [0.5, 0.6) is 0 Å². The minimum Gasteiger partial charge on any atom is -0.157 e. The van der Waals surface area contributed by atoms with Crippen molar-refractivity contribution in [2.45, 2.75) is 0 Å². The van der Waals surface area contributed by atoms with E-state index in [9.17, 15) is 0 Å². The molecule has 0 aromatic heterocycles. The van der Waals surface area contributed by atoms with E-state index in [0.29, 0.717) is 0 Å². The summed E-state index contributed by atoms with van der Waals surface area (Å²) in [5, 5.41) is 7.97. The molecule has 0 radical (unpaired) electrons. The van der Waals surface area contributed by atoms with Gasteiger partial charge in [-0.15, -0.1) is 0 Å². The molecule has 0 bridgehead atoms. The first-order chi connectivity index (χ1) is 5.91. The standard InChI is InChI=1S/C11H2N/c1-2-3-4-5-6-7-8-9-10-11-12/h1H2/q+1. The van der Waals surface area contributed by atoms with Gasteiger partial charge in [0.2, 0.25) is 11.5 Å². The van der Waals surface area contributed by atoms with Gasteiger partial charge in [0.15, 0.2) is 0 Å². The number of hydrogen-bond donors (Lipinski definition) is 0. The fraction of sp³-hybridized carbons (Fsp3) is 0. The Balaban J connectivity index is 5.19. The second kappa shape index (κ2) is 8.38. The summed E-state index contributed by atoms with van der Waals surface area (Å²) in [7, 11) is 0. The summed E-state index contributed by atoms with van der Waals surface area (Å²) in [4.78, 5) is 0. The van der Waals surface area contributed by atoms with Crippen LogP contribution in [-0.4, -0.2) is 0 Å². The molecule has 0 aromatic carbocycles. The highest BCUT2D eigenvalue weighted by Crippen LogP contribution is 1.56. The van der Waals surface area contributed by atoms with Crippen molar-refractivity contribution >= 4 is 0 Å². The first kappa shape index (κ1) is 9.38. The van der Waals surface area contributed by atoms with Gasteiger partial charge in [0.25, 0.3) is 12.1 Å². The zero-order chi connectivity index (χ0) is 9.07. The zero-order valence-electron chi connectivity index (χ0n) is 6.15. The van der Waals surface area contributed by atoms with Crippen LogP contribution < -0.4 is 0 Å². The molecule has 0 fully saturated rings. The number of nitrogens with zero attached hydrogens (tertiary/aromatic N) is 1. The molecule has 0 N–H and O–H groups in total. The number of rotatable bonds is 0. The fourth-order valence-electron chi connectivity index (χ4n) is 0.260. The van der Waals surface area contributed by atoms with Gasteiger partial charge in [-0.3, -0.25) is 0 Å². The lowest BCUT2D eigenvalue weighted by atomic mass is 10.6. The Hall–Kier alpha value is -2.62. The highest BCUT2D eigenvalue weighted by atomic mass is 14.2. The smallest absolute Gasteiger partial charge is 0.157 e. The van der Waals surface area contributed by atoms with Crippen LogP contribution in [0.15, 0.2) is 52.4 Å². The normalized spacial score (nSPS) is 3.58. The van der Waals surface area contributed by atoms with Crippen LogP contribution in [0.4, 0.5) is 0 Å². The van der Waals surface area contributed by atoms with E-state index >= 15 is 0 Å². The molecule has 0 saturated heterocycles. The minimum atomic E-state index is 1.62. The van der Waals surface area contributed by atoms with E-state index in [2.05, 4.69) is 58.5 Å². The maximum absolute atomic E-state index is 7.97. The lowest BCUT2D eigenvalue weighted by Gasteiger charge is -1.33. The molecule has 12 heavy (non-hydrogen) atoms. The van der Waals surface area contributed by atoms with Crippen molar-refractivity contribution in [3.05, 3.63) is 58.5 Å². The Labute approximate surface area is 70.6 Å². The second-order valence-corrected chi connectivity index (χ2v) is 1.29. The average Bonchev–Trinajstić information content (AvgIpc) is 2.10. The molecular formula is C11H2N+. The maximum atomic E-state index is 7.97. The van der Waals surface area contributed by atoms with Gasteiger partial charge in [0.05, 0.1) is 0 Å². The van der Waals surface area contributed by atoms with Crippen molar-refractivity contribution in [2.24, 2.45) is 0 Å². The van der Waals surface area contributed by atoms with Crippen molar-refractivity contribution in [1.82, 2.24) is 0 Å². The minimum absolute atomic E-state index is 1.62. The Morgan fingerprint density at radius 2 is 1.50 bits per heavy atom. The predicted octanol–water partition coefficient (Wildman–Crippen LogP) is 1.74. The van der Waals surface area contributed by atoms with Crippen LogP contribution in [0.3, 0.4) is 0 Å². The first-order valence-corrected chi connectivity index (χ1v) is 2.83. The van der Waals surface area contributed by atoms with E-state index in [0.717, 1.165) is 0 Å². The van der Waals surface area contributed by atoms with E-state index < -0.39 is 0 Å². The summed E-state index contributed by atoms with van der Waals surface area (Å²) >= 11 is 0. The quantitative estimate of drug-likeness (QED) is 0.291. The molecule has 50 valence electrons. The van der Waals surface area contributed by atoms with Crippen molar-refractivity contribution in [1.29, 1.82) is 5.26 Å². The summed E-state index contributed by atoms with van der Waals surface area (Å²) in [6.07, 6.45) is 2.11. The Bertz CT molecular complexity index is 480. The molecule has 1 heteroatoms. The number of allylic oxidation sites excluding steroid dienone is 1. The molecule has 0 aliphatic heterocycles. The second-order valence-electron chi connectivity index (χ2n) is 1.29. The van der Waals surface area contributed by atoms with Crippen molar-refractivity contribution in [2.75, 3.05) is 0 Å². The molecule has 0 atom stereocenters. The molecule has 0 saturated carbocycles. The first-order valence-electron chi connectivity index (χ1n) is 2.83. The highest BCUT2D eigenvalue weighted by Gasteiger charge is 1.66. The summed E-state index contributed by atoms with van der Waals surface area (Å²) in [6.45, 7) is 3.26. The average molecular weight is 148 g/mol. The number of hydrogen-bond acceptors (Lipinski definition) is 1. The third kappa shape index (κ3) is 7.38. The zero-order valence-corrected chi connectivity index (χ0v) is 6.15. The van der Waals surface area contributed by atoms with Gasteiger partial charge < -0.3 is 0 Å². The molecule has 0 aliphatic rings. The highest BCUT2D eigenvalue weighted by molar-refractivity contribution is 4.94. The van der Waals surface area contributed by atoms with E-state index in [1.165, 1.54) is 0 Å². The molecular weight excluding hydrogens is 146 g/mol. The van der Waals surface area contributed by atoms with Crippen LogP contribution in [0, 0.1) is 17.4 Å². The maximum Gasteiger partial charge on any atom is 0.276 e. The summed E-state index contributed by atoms with van der Waals surface area (Å²) < 4.78 is 0. The lowest BCUT2D eigenvalue weighted by Crippen LogP contribution is -1.34. The van der Waals surface area contributed by atoms with Gasteiger partial charge in [-0.1, -0.05) is 5.73 Å². The van der Waals surface area contributed by atoms with Crippen LogP contribution in [-0.2, 0) is 0 Å². The third-order valence-corrected chi connectivity index (χ3v) is 0.582. The number of nitriles is 1. The topological polar surface area (TPSA) is 23.8 Å².